The highest BCUT2D eigenvalue weighted by Gasteiger charge is 2.17. The molecule has 1 heterocycles. The third-order valence-corrected chi connectivity index (χ3v) is 3.88. The van der Waals surface area contributed by atoms with E-state index < -0.39 is 5.97 Å². The number of amides is 1. The van der Waals surface area contributed by atoms with E-state index in [1.165, 1.54) is 12.2 Å². The molecule has 0 aliphatic carbocycles. The average molecular weight is 354 g/mol. The van der Waals surface area contributed by atoms with E-state index in [-0.39, 0.29) is 25.3 Å². The zero-order chi connectivity index (χ0) is 17.7. The van der Waals surface area contributed by atoms with Crippen molar-refractivity contribution in [3.05, 3.63) is 28.8 Å². The van der Waals surface area contributed by atoms with Crippen molar-refractivity contribution in [1.29, 1.82) is 0 Å². The highest BCUT2D eigenvalue weighted by molar-refractivity contribution is 6.32. The molecular formula is C17H20ClNO5. The molecule has 1 amide bonds. The summed E-state index contributed by atoms with van der Waals surface area (Å²) in [7, 11) is 0. The SMILES string of the molecule is CC(C)[C@H](C)NC(=O)COC(=O)/C=C/c1cc(Cl)c2c(c1)OCO2. The second-order valence-corrected chi connectivity index (χ2v) is 6.18. The lowest BCUT2D eigenvalue weighted by atomic mass is 10.1. The molecule has 7 heteroatoms. The largest absolute Gasteiger partial charge is 0.454 e. The summed E-state index contributed by atoms with van der Waals surface area (Å²) in [5.41, 5.74) is 0.666. The van der Waals surface area contributed by atoms with E-state index in [1.807, 2.05) is 20.8 Å². The van der Waals surface area contributed by atoms with Gasteiger partial charge in [0.25, 0.3) is 5.91 Å². The Morgan fingerprint density at radius 2 is 2.08 bits per heavy atom. The molecular weight excluding hydrogens is 334 g/mol. The van der Waals surface area contributed by atoms with Gasteiger partial charge in [-0.2, -0.15) is 0 Å². The number of esters is 1. The van der Waals surface area contributed by atoms with Crippen LogP contribution in [0.3, 0.4) is 0 Å². The summed E-state index contributed by atoms with van der Waals surface area (Å²) in [6.45, 7) is 5.69. The second kappa shape index (κ2) is 8.06. The summed E-state index contributed by atoms with van der Waals surface area (Å²) in [4.78, 5) is 23.3. The number of hydrogen-bond donors (Lipinski definition) is 1. The third-order valence-electron chi connectivity index (χ3n) is 3.60. The lowest BCUT2D eigenvalue weighted by Crippen LogP contribution is -2.38. The number of benzene rings is 1. The molecule has 24 heavy (non-hydrogen) atoms. The van der Waals surface area contributed by atoms with E-state index in [0.717, 1.165) is 0 Å². The molecule has 1 aromatic rings. The predicted molar refractivity (Wildman–Crippen MR) is 90.0 cm³/mol. The van der Waals surface area contributed by atoms with Crippen molar-refractivity contribution in [2.24, 2.45) is 5.92 Å². The van der Waals surface area contributed by atoms with Crippen LogP contribution in [0.25, 0.3) is 6.08 Å². The maximum Gasteiger partial charge on any atom is 0.331 e. The number of hydrogen-bond acceptors (Lipinski definition) is 5. The van der Waals surface area contributed by atoms with Gasteiger partial charge in [0.15, 0.2) is 18.1 Å². The van der Waals surface area contributed by atoms with Gasteiger partial charge in [-0.15, -0.1) is 0 Å². The van der Waals surface area contributed by atoms with E-state index in [9.17, 15) is 9.59 Å². The molecule has 0 saturated heterocycles. The van der Waals surface area contributed by atoms with Crippen LogP contribution in [-0.4, -0.2) is 31.3 Å². The average Bonchev–Trinajstić information content (AvgIpc) is 2.99. The van der Waals surface area contributed by atoms with Crippen LogP contribution in [0.2, 0.25) is 5.02 Å². The lowest BCUT2D eigenvalue weighted by Gasteiger charge is -2.16. The Morgan fingerprint density at radius 1 is 1.33 bits per heavy atom. The van der Waals surface area contributed by atoms with Crippen LogP contribution in [0.15, 0.2) is 18.2 Å². The van der Waals surface area contributed by atoms with E-state index >= 15 is 0 Å². The Balaban J connectivity index is 1.85. The van der Waals surface area contributed by atoms with Crippen molar-refractivity contribution >= 4 is 29.6 Å². The highest BCUT2D eigenvalue weighted by Crippen LogP contribution is 2.40. The number of rotatable bonds is 6. The van der Waals surface area contributed by atoms with Crippen LogP contribution in [-0.2, 0) is 14.3 Å². The number of halogens is 1. The minimum Gasteiger partial charge on any atom is -0.454 e. The molecule has 0 spiro atoms. The van der Waals surface area contributed by atoms with Crippen molar-refractivity contribution in [2.45, 2.75) is 26.8 Å². The predicted octanol–water partition coefficient (Wildman–Crippen LogP) is 2.79. The quantitative estimate of drug-likeness (QED) is 0.628. The summed E-state index contributed by atoms with van der Waals surface area (Å²) < 4.78 is 15.4. The van der Waals surface area contributed by atoms with Crippen LogP contribution in [0, 0.1) is 5.92 Å². The molecule has 1 atom stereocenters. The van der Waals surface area contributed by atoms with E-state index in [1.54, 1.807) is 12.1 Å². The van der Waals surface area contributed by atoms with Gasteiger partial charge in [-0.3, -0.25) is 4.79 Å². The lowest BCUT2D eigenvalue weighted by molar-refractivity contribution is -0.144. The fourth-order valence-electron chi connectivity index (χ4n) is 1.89. The third kappa shape index (κ3) is 4.89. The molecule has 0 radical (unpaired) electrons. The summed E-state index contributed by atoms with van der Waals surface area (Å²) in [5.74, 6) is 0.380. The summed E-state index contributed by atoms with van der Waals surface area (Å²) in [6.07, 6.45) is 2.76. The smallest absolute Gasteiger partial charge is 0.331 e. The number of fused-ring (bicyclic) bond motifs is 1. The van der Waals surface area contributed by atoms with Crippen molar-refractivity contribution in [1.82, 2.24) is 5.32 Å². The van der Waals surface area contributed by atoms with Gasteiger partial charge >= 0.3 is 5.97 Å². The fourth-order valence-corrected chi connectivity index (χ4v) is 2.17. The number of carbonyl (C=O) groups is 2. The normalized spacial score (nSPS) is 14.0. The molecule has 1 aliphatic heterocycles. The molecule has 0 fully saturated rings. The molecule has 0 unspecified atom stereocenters. The first kappa shape index (κ1) is 18.1. The van der Waals surface area contributed by atoms with Crippen LogP contribution in [0.4, 0.5) is 0 Å². The number of ether oxygens (including phenoxy) is 3. The van der Waals surface area contributed by atoms with E-state index in [0.29, 0.717) is 28.0 Å². The minimum absolute atomic E-state index is 0.0162. The Hall–Kier alpha value is -2.21. The van der Waals surface area contributed by atoms with Crippen molar-refractivity contribution in [2.75, 3.05) is 13.4 Å². The van der Waals surface area contributed by atoms with Crippen molar-refractivity contribution < 1.29 is 23.8 Å². The molecule has 6 nitrogen and oxygen atoms in total. The molecule has 1 N–H and O–H groups in total. The molecule has 1 aliphatic rings. The molecule has 1 aromatic carbocycles. The number of carbonyl (C=O) groups excluding carboxylic acids is 2. The van der Waals surface area contributed by atoms with Crippen LogP contribution < -0.4 is 14.8 Å². The molecule has 0 saturated carbocycles. The van der Waals surface area contributed by atoms with Gasteiger partial charge in [0.1, 0.15) is 0 Å². The van der Waals surface area contributed by atoms with Crippen LogP contribution in [0.5, 0.6) is 11.5 Å². The van der Waals surface area contributed by atoms with Gasteiger partial charge in [0, 0.05) is 12.1 Å². The minimum atomic E-state index is -0.615. The molecule has 130 valence electrons. The summed E-state index contributed by atoms with van der Waals surface area (Å²) in [5, 5.41) is 3.16. The van der Waals surface area contributed by atoms with Gasteiger partial charge in [0.2, 0.25) is 6.79 Å². The van der Waals surface area contributed by atoms with E-state index in [4.69, 9.17) is 25.8 Å². The van der Waals surface area contributed by atoms with Gasteiger partial charge in [-0.05, 0) is 36.6 Å². The zero-order valence-electron chi connectivity index (χ0n) is 13.8. The fraction of sp³-hybridized carbons (Fsp3) is 0.412. The first-order chi connectivity index (χ1) is 11.4. The van der Waals surface area contributed by atoms with Crippen LogP contribution in [0.1, 0.15) is 26.3 Å². The topological polar surface area (TPSA) is 73.9 Å². The zero-order valence-corrected chi connectivity index (χ0v) is 14.6. The van der Waals surface area contributed by atoms with Gasteiger partial charge in [0.05, 0.1) is 5.02 Å². The maximum absolute atomic E-state index is 11.7. The summed E-state index contributed by atoms with van der Waals surface area (Å²) >= 11 is 6.06. The summed E-state index contributed by atoms with van der Waals surface area (Å²) in [6, 6.07) is 3.37. The standard InChI is InChI=1S/C17H20ClNO5/c1-10(2)11(3)19-15(20)8-22-16(21)5-4-12-6-13(18)17-14(7-12)23-9-24-17/h4-7,10-11H,8-9H2,1-3H3,(H,19,20)/b5-4+/t11-/m0/s1. The van der Waals surface area contributed by atoms with Crippen molar-refractivity contribution in [3.63, 3.8) is 0 Å². The Labute approximate surface area is 145 Å². The van der Waals surface area contributed by atoms with Crippen molar-refractivity contribution in [3.8, 4) is 11.5 Å². The highest BCUT2D eigenvalue weighted by atomic mass is 35.5. The molecule has 0 aromatic heterocycles. The van der Waals surface area contributed by atoms with E-state index in [2.05, 4.69) is 5.32 Å². The molecule has 0 bridgehead atoms. The Kier molecular flexibility index (Phi) is 6.09. The van der Waals surface area contributed by atoms with Gasteiger partial charge < -0.3 is 19.5 Å². The number of nitrogens with one attached hydrogen (secondary N) is 1. The monoisotopic (exact) mass is 353 g/mol. The first-order valence-electron chi connectivity index (χ1n) is 7.60. The van der Waals surface area contributed by atoms with Gasteiger partial charge in [-0.1, -0.05) is 25.4 Å². The Bertz CT molecular complexity index is 657. The molecule has 2 rings (SSSR count). The Morgan fingerprint density at radius 3 is 2.79 bits per heavy atom. The first-order valence-corrected chi connectivity index (χ1v) is 7.98. The van der Waals surface area contributed by atoms with Gasteiger partial charge in [-0.25, -0.2) is 4.79 Å². The van der Waals surface area contributed by atoms with Crippen LogP contribution >= 0.6 is 11.6 Å². The maximum atomic E-state index is 11.7. The second-order valence-electron chi connectivity index (χ2n) is 5.78.